The number of para-hydroxylation sites is 1. The second kappa shape index (κ2) is 11.5. The smallest absolute Gasteiger partial charge is 0.208 e. The van der Waals surface area contributed by atoms with E-state index < -0.39 is 10.0 Å². The van der Waals surface area contributed by atoms with Crippen LogP contribution in [0.4, 0.5) is 0 Å². The maximum absolute atomic E-state index is 11.0. The molecule has 0 unspecified atom stereocenters. The van der Waals surface area contributed by atoms with E-state index in [0.29, 0.717) is 38.6 Å². The zero-order valence-electron chi connectivity index (χ0n) is 14.9. The molecule has 0 atom stereocenters. The zero-order valence-corrected chi connectivity index (χ0v) is 15.7. The highest BCUT2D eigenvalue weighted by atomic mass is 32.2. The van der Waals surface area contributed by atoms with Crippen LogP contribution in [0.1, 0.15) is 18.9 Å². The summed E-state index contributed by atoms with van der Waals surface area (Å²) in [5, 5.41) is 6.35. The number of aliphatic imine (C=N–C) groups is 1. The van der Waals surface area contributed by atoms with Gasteiger partial charge in [0.25, 0.3) is 0 Å². The lowest BCUT2D eigenvalue weighted by molar-refractivity contribution is 0.359. The molecular weight excluding hydrogens is 340 g/mol. The summed E-state index contributed by atoms with van der Waals surface area (Å²) in [7, 11) is -3.14. The second-order valence-corrected chi connectivity index (χ2v) is 7.18. The molecule has 1 rings (SSSR count). The molecule has 3 N–H and O–H groups in total. The minimum atomic E-state index is -3.14. The summed E-state index contributed by atoms with van der Waals surface area (Å²) in [5.74, 6) is 1.47. The molecule has 140 valence electrons. The van der Waals surface area contributed by atoms with Crippen LogP contribution in [0.15, 0.2) is 41.9 Å². The molecule has 0 heterocycles. The van der Waals surface area contributed by atoms with E-state index in [1.807, 2.05) is 31.2 Å². The summed E-state index contributed by atoms with van der Waals surface area (Å²) in [4.78, 5) is 4.55. The number of rotatable bonds is 11. The first-order chi connectivity index (χ1) is 12.0. The standard InChI is InChI=1S/C17H28N4O3S/c1-4-13-24-16-10-7-6-9-15(16)14-20-17(18-5-2)19-11-8-12-21-25(3,22)23/h4,6-7,9-10,21H,1,5,8,11-14H2,2-3H3,(H2,18,19,20). The maximum atomic E-state index is 11.0. The van der Waals surface area contributed by atoms with E-state index in [-0.39, 0.29) is 0 Å². The summed E-state index contributed by atoms with van der Waals surface area (Å²) < 4.78 is 30.1. The van der Waals surface area contributed by atoms with Crippen molar-refractivity contribution in [2.24, 2.45) is 4.99 Å². The molecule has 7 nitrogen and oxygen atoms in total. The number of nitrogens with zero attached hydrogens (tertiary/aromatic N) is 1. The predicted octanol–water partition coefficient (Wildman–Crippen LogP) is 1.25. The van der Waals surface area contributed by atoms with Crippen LogP contribution < -0.4 is 20.1 Å². The van der Waals surface area contributed by atoms with Gasteiger partial charge in [-0.25, -0.2) is 18.1 Å². The van der Waals surface area contributed by atoms with Gasteiger partial charge in [0.05, 0.1) is 12.8 Å². The third-order valence-corrected chi connectivity index (χ3v) is 3.82. The van der Waals surface area contributed by atoms with Crippen LogP contribution in [-0.4, -0.2) is 46.9 Å². The Morgan fingerprint density at radius 3 is 2.72 bits per heavy atom. The van der Waals surface area contributed by atoms with Crippen molar-refractivity contribution in [3.63, 3.8) is 0 Å². The number of benzene rings is 1. The van der Waals surface area contributed by atoms with Gasteiger partial charge in [0.2, 0.25) is 10.0 Å². The van der Waals surface area contributed by atoms with Crippen LogP contribution in [-0.2, 0) is 16.6 Å². The van der Waals surface area contributed by atoms with Gasteiger partial charge >= 0.3 is 0 Å². The molecule has 0 fully saturated rings. The fourth-order valence-corrected chi connectivity index (χ4v) is 2.50. The lowest BCUT2D eigenvalue weighted by Crippen LogP contribution is -2.38. The largest absolute Gasteiger partial charge is 0.489 e. The van der Waals surface area contributed by atoms with E-state index >= 15 is 0 Å². The molecule has 0 amide bonds. The zero-order chi connectivity index (χ0) is 18.5. The van der Waals surface area contributed by atoms with Gasteiger partial charge in [0, 0.05) is 25.2 Å². The minimum absolute atomic E-state index is 0.392. The Morgan fingerprint density at radius 2 is 2.04 bits per heavy atom. The fraction of sp³-hybridized carbons (Fsp3) is 0.471. The highest BCUT2D eigenvalue weighted by Gasteiger charge is 2.03. The molecule has 0 aliphatic heterocycles. The first-order valence-corrected chi connectivity index (χ1v) is 10.1. The average molecular weight is 369 g/mol. The van der Waals surface area contributed by atoms with E-state index in [0.717, 1.165) is 24.1 Å². The molecule has 0 spiro atoms. The van der Waals surface area contributed by atoms with Crippen molar-refractivity contribution in [3.05, 3.63) is 42.5 Å². The summed E-state index contributed by atoms with van der Waals surface area (Å²) in [6, 6.07) is 7.75. The number of hydrogen-bond donors (Lipinski definition) is 3. The van der Waals surface area contributed by atoms with E-state index in [1.54, 1.807) is 6.08 Å². The third kappa shape index (κ3) is 9.73. The summed E-state index contributed by atoms with van der Waals surface area (Å²) in [6.45, 7) is 8.31. The maximum Gasteiger partial charge on any atom is 0.208 e. The third-order valence-electron chi connectivity index (χ3n) is 3.09. The summed E-state index contributed by atoms with van der Waals surface area (Å²) in [6.07, 6.45) is 3.52. The molecule has 0 aliphatic rings. The normalized spacial score (nSPS) is 11.8. The van der Waals surface area contributed by atoms with Crippen molar-refractivity contribution in [1.82, 2.24) is 15.4 Å². The van der Waals surface area contributed by atoms with Gasteiger partial charge in [-0.3, -0.25) is 0 Å². The fourth-order valence-electron chi connectivity index (χ4n) is 1.98. The number of guanidine groups is 1. The Kier molecular flexibility index (Phi) is 9.64. The van der Waals surface area contributed by atoms with Gasteiger partial charge in [-0.15, -0.1) is 0 Å². The monoisotopic (exact) mass is 368 g/mol. The van der Waals surface area contributed by atoms with Crippen LogP contribution in [0.25, 0.3) is 0 Å². The number of sulfonamides is 1. The molecule has 1 aromatic rings. The first kappa shape index (κ1) is 21.0. The van der Waals surface area contributed by atoms with Gasteiger partial charge in [0.1, 0.15) is 12.4 Å². The topological polar surface area (TPSA) is 91.8 Å². The molecule has 8 heteroatoms. The molecule has 0 aromatic heterocycles. The number of hydrogen-bond acceptors (Lipinski definition) is 4. The Hall–Kier alpha value is -2.06. The summed E-state index contributed by atoms with van der Waals surface area (Å²) in [5.41, 5.74) is 0.986. The Balaban J connectivity index is 2.56. The first-order valence-electron chi connectivity index (χ1n) is 8.24. The molecule has 25 heavy (non-hydrogen) atoms. The van der Waals surface area contributed by atoms with E-state index in [9.17, 15) is 8.42 Å². The van der Waals surface area contributed by atoms with Gasteiger partial charge < -0.3 is 15.4 Å². The van der Waals surface area contributed by atoms with Gasteiger partial charge in [-0.05, 0) is 19.4 Å². The lowest BCUT2D eigenvalue weighted by Gasteiger charge is -2.12. The quantitative estimate of drug-likeness (QED) is 0.237. The van der Waals surface area contributed by atoms with Crippen LogP contribution in [0, 0.1) is 0 Å². The van der Waals surface area contributed by atoms with Crippen LogP contribution in [0.5, 0.6) is 5.75 Å². The molecule has 1 aromatic carbocycles. The molecule has 0 bridgehead atoms. The van der Waals surface area contributed by atoms with Gasteiger partial charge in [-0.2, -0.15) is 0 Å². The summed E-state index contributed by atoms with van der Waals surface area (Å²) >= 11 is 0. The van der Waals surface area contributed by atoms with Crippen molar-refractivity contribution < 1.29 is 13.2 Å². The van der Waals surface area contributed by atoms with Gasteiger partial charge in [-0.1, -0.05) is 30.9 Å². The number of nitrogens with one attached hydrogen (secondary N) is 3. The van der Waals surface area contributed by atoms with Crippen molar-refractivity contribution in [2.45, 2.75) is 19.9 Å². The molecule has 0 radical (unpaired) electrons. The molecular formula is C17H28N4O3S. The minimum Gasteiger partial charge on any atom is -0.489 e. The molecule has 0 saturated carbocycles. The van der Waals surface area contributed by atoms with E-state index in [4.69, 9.17) is 4.74 Å². The highest BCUT2D eigenvalue weighted by Crippen LogP contribution is 2.18. The van der Waals surface area contributed by atoms with E-state index in [1.165, 1.54) is 0 Å². The van der Waals surface area contributed by atoms with Crippen molar-refractivity contribution in [2.75, 3.05) is 32.5 Å². The van der Waals surface area contributed by atoms with E-state index in [2.05, 4.69) is 26.9 Å². The lowest BCUT2D eigenvalue weighted by atomic mass is 10.2. The average Bonchev–Trinajstić information content (AvgIpc) is 2.57. The molecule has 0 aliphatic carbocycles. The predicted molar refractivity (Wildman–Crippen MR) is 102 cm³/mol. The Morgan fingerprint density at radius 1 is 1.28 bits per heavy atom. The highest BCUT2D eigenvalue weighted by molar-refractivity contribution is 7.88. The SMILES string of the molecule is C=CCOc1ccccc1CN=C(NCC)NCCCNS(C)(=O)=O. The van der Waals surface area contributed by atoms with Crippen LogP contribution in [0.3, 0.4) is 0 Å². The van der Waals surface area contributed by atoms with Crippen molar-refractivity contribution in [3.8, 4) is 5.75 Å². The number of ether oxygens (including phenoxy) is 1. The van der Waals surface area contributed by atoms with Crippen molar-refractivity contribution >= 4 is 16.0 Å². The van der Waals surface area contributed by atoms with Gasteiger partial charge in [0.15, 0.2) is 5.96 Å². The second-order valence-electron chi connectivity index (χ2n) is 5.35. The Labute approximate surface area is 150 Å². The van der Waals surface area contributed by atoms with Crippen LogP contribution >= 0.6 is 0 Å². The Bertz CT molecular complexity index is 660. The molecule has 0 saturated heterocycles. The van der Waals surface area contributed by atoms with Crippen LogP contribution in [0.2, 0.25) is 0 Å². The van der Waals surface area contributed by atoms with Crippen molar-refractivity contribution in [1.29, 1.82) is 0 Å².